The number of nitrogens with two attached hydrogens (primary N) is 1. The molecule has 1 aromatic rings. The van der Waals surface area contributed by atoms with Crippen LogP contribution in [0.15, 0.2) is 4.47 Å². The van der Waals surface area contributed by atoms with Gasteiger partial charge in [0.1, 0.15) is 0 Å². The number of aromatic nitrogens is 2. The second kappa shape index (κ2) is 4.89. The minimum absolute atomic E-state index is 0.106. The molecule has 0 aromatic carbocycles. The molecule has 15 heavy (non-hydrogen) atoms. The molecule has 5 heteroatoms. The van der Waals surface area contributed by atoms with Crippen LogP contribution in [0.5, 0.6) is 0 Å². The first-order valence-corrected chi connectivity index (χ1v) is 6.80. The number of aryl methyl sites for hydroxylation is 2. The average molecular weight is 292 g/mol. The highest BCUT2D eigenvalue weighted by molar-refractivity contribution is 9.10. The Balaban J connectivity index is 2.58. The highest BCUT2D eigenvalue weighted by Crippen LogP contribution is 2.25. The van der Waals surface area contributed by atoms with Crippen LogP contribution in [0.25, 0.3) is 0 Å². The summed E-state index contributed by atoms with van der Waals surface area (Å²) >= 11 is 5.39. The van der Waals surface area contributed by atoms with Crippen LogP contribution in [0.4, 0.5) is 0 Å². The molecule has 86 valence electrons. The van der Waals surface area contributed by atoms with Crippen molar-refractivity contribution >= 4 is 27.7 Å². The Morgan fingerprint density at radius 2 is 2.13 bits per heavy atom. The largest absolute Gasteiger partial charge is 0.325 e. The van der Waals surface area contributed by atoms with Crippen molar-refractivity contribution in [3.8, 4) is 0 Å². The molecule has 0 bridgehead atoms. The van der Waals surface area contributed by atoms with Gasteiger partial charge < -0.3 is 5.73 Å². The number of rotatable bonds is 4. The van der Waals surface area contributed by atoms with Gasteiger partial charge in [-0.2, -0.15) is 16.9 Å². The average Bonchev–Trinajstić information content (AvgIpc) is 2.29. The Labute approximate surface area is 104 Å². The fraction of sp³-hybridized carbons (Fsp3) is 0.700. The van der Waals surface area contributed by atoms with E-state index in [1.165, 1.54) is 5.69 Å². The van der Waals surface area contributed by atoms with Crippen molar-refractivity contribution in [2.75, 3.05) is 5.75 Å². The van der Waals surface area contributed by atoms with Crippen molar-refractivity contribution in [3.05, 3.63) is 15.9 Å². The summed E-state index contributed by atoms with van der Waals surface area (Å²) in [6.07, 6.45) is 0. The van der Waals surface area contributed by atoms with E-state index in [1.807, 2.05) is 44.3 Å². The van der Waals surface area contributed by atoms with E-state index < -0.39 is 0 Å². The van der Waals surface area contributed by atoms with Crippen molar-refractivity contribution in [1.82, 2.24) is 9.78 Å². The second-order valence-corrected chi connectivity index (χ2v) is 6.23. The van der Waals surface area contributed by atoms with Crippen molar-refractivity contribution in [3.63, 3.8) is 0 Å². The van der Waals surface area contributed by atoms with Gasteiger partial charge in [0.05, 0.1) is 15.9 Å². The monoisotopic (exact) mass is 291 g/mol. The zero-order valence-corrected chi connectivity index (χ0v) is 12.1. The minimum Gasteiger partial charge on any atom is -0.325 e. The van der Waals surface area contributed by atoms with Crippen molar-refractivity contribution in [2.24, 2.45) is 12.8 Å². The van der Waals surface area contributed by atoms with Crippen LogP contribution < -0.4 is 5.73 Å². The van der Waals surface area contributed by atoms with Crippen LogP contribution in [-0.4, -0.2) is 21.1 Å². The second-order valence-electron chi connectivity index (χ2n) is 4.45. The zero-order valence-electron chi connectivity index (χ0n) is 9.67. The lowest BCUT2D eigenvalue weighted by Gasteiger charge is -2.17. The van der Waals surface area contributed by atoms with Gasteiger partial charge in [0, 0.05) is 24.1 Å². The molecular formula is C10H18BrN3S. The number of thioether (sulfide) groups is 1. The molecule has 0 aliphatic carbocycles. The van der Waals surface area contributed by atoms with E-state index in [4.69, 9.17) is 5.73 Å². The van der Waals surface area contributed by atoms with Gasteiger partial charge in [0.25, 0.3) is 0 Å². The molecule has 0 fully saturated rings. The van der Waals surface area contributed by atoms with Crippen molar-refractivity contribution < 1.29 is 0 Å². The molecule has 1 aromatic heterocycles. The molecular weight excluding hydrogens is 274 g/mol. The third-order valence-corrected chi connectivity index (χ3v) is 4.43. The molecule has 1 rings (SSSR count). The first-order chi connectivity index (χ1) is 6.81. The van der Waals surface area contributed by atoms with Gasteiger partial charge in [-0.3, -0.25) is 4.68 Å². The summed E-state index contributed by atoms with van der Waals surface area (Å²) in [4.78, 5) is 0. The van der Waals surface area contributed by atoms with E-state index in [2.05, 4.69) is 21.0 Å². The molecule has 0 atom stereocenters. The molecule has 1 heterocycles. The molecule has 0 aliphatic rings. The lowest BCUT2D eigenvalue weighted by molar-refractivity contribution is 0.591. The minimum atomic E-state index is -0.106. The van der Waals surface area contributed by atoms with Crippen LogP contribution in [-0.2, 0) is 12.8 Å². The van der Waals surface area contributed by atoms with Crippen molar-refractivity contribution in [1.29, 1.82) is 0 Å². The Kier molecular flexibility index (Phi) is 4.26. The summed E-state index contributed by atoms with van der Waals surface area (Å²) in [6.45, 7) is 6.10. The Morgan fingerprint density at radius 3 is 2.53 bits per heavy atom. The number of hydrogen-bond donors (Lipinski definition) is 1. The summed E-state index contributed by atoms with van der Waals surface area (Å²) in [5.74, 6) is 1.89. The maximum absolute atomic E-state index is 5.93. The lowest BCUT2D eigenvalue weighted by Crippen LogP contribution is -2.34. The highest BCUT2D eigenvalue weighted by atomic mass is 79.9. The quantitative estimate of drug-likeness (QED) is 0.927. The lowest BCUT2D eigenvalue weighted by atomic mass is 10.1. The Hall–Kier alpha value is -0.0000000000000000555. The number of halogens is 1. The first kappa shape index (κ1) is 13.1. The van der Waals surface area contributed by atoms with Crippen LogP contribution in [0.2, 0.25) is 0 Å². The normalized spacial score (nSPS) is 12.1. The summed E-state index contributed by atoms with van der Waals surface area (Å²) in [7, 11) is 1.97. The number of nitrogens with zero attached hydrogens (tertiary/aromatic N) is 2. The molecule has 0 radical (unpaired) electrons. The maximum atomic E-state index is 5.93. The van der Waals surface area contributed by atoms with Gasteiger partial charge in [-0.15, -0.1) is 0 Å². The predicted octanol–water partition coefficient (Wildman–Crippen LogP) is 2.46. The molecule has 2 N–H and O–H groups in total. The van der Waals surface area contributed by atoms with E-state index in [1.54, 1.807) is 0 Å². The van der Waals surface area contributed by atoms with E-state index in [-0.39, 0.29) is 5.54 Å². The number of hydrogen-bond acceptors (Lipinski definition) is 3. The van der Waals surface area contributed by atoms with Gasteiger partial charge in [-0.25, -0.2) is 0 Å². The molecule has 0 amide bonds. The van der Waals surface area contributed by atoms with Crippen LogP contribution >= 0.6 is 27.7 Å². The SMILES string of the molecule is Cc1nn(C)c(CSCC(C)(C)N)c1Br. The molecule has 0 saturated carbocycles. The van der Waals surface area contributed by atoms with E-state index >= 15 is 0 Å². The summed E-state index contributed by atoms with van der Waals surface area (Å²) < 4.78 is 3.04. The third kappa shape index (κ3) is 3.81. The van der Waals surface area contributed by atoms with Gasteiger partial charge in [0.2, 0.25) is 0 Å². The highest BCUT2D eigenvalue weighted by Gasteiger charge is 2.14. The standard InChI is InChI=1S/C10H18BrN3S/c1-7-9(11)8(14(4)13-7)5-15-6-10(2,3)12/h5-6,12H2,1-4H3. The summed E-state index contributed by atoms with van der Waals surface area (Å²) in [6, 6.07) is 0. The molecule has 0 unspecified atom stereocenters. The molecule has 3 nitrogen and oxygen atoms in total. The molecule has 0 aliphatic heterocycles. The third-order valence-electron chi connectivity index (χ3n) is 1.97. The topological polar surface area (TPSA) is 43.8 Å². The fourth-order valence-electron chi connectivity index (χ4n) is 1.25. The van der Waals surface area contributed by atoms with Gasteiger partial charge in [0.15, 0.2) is 0 Å². The van der Waals surface area contributed by atoms with Gasteiger partial charge in [-0.05, 0) is 36.7 Å². The summed E-state index contributed by atoms with van der Waals surface area (Å²) in [5, 5.41) is 4.35. The molecule has 0 spiro atoms. The van der Waals surface area contributed by atoms with E-state index in [0.717, 1.165) is 21.7 Å². The van der Waals surface area contributed by atoms with Crippen LogP contribution in [0.1, 0.15) is 25.2 Å². The first-order valence-electron chi connectivity index (χ1n) is 4.86. The maximum Gasteiger partial charge on any atom is 0.0738 e. The Bertz CT molecular complexity index is 341. The smallest absolute Gasteiger partial charge is 0.0738 e. The zero-order chi connectivity index (χ0) is 11.6. The fourth-order valence-corrected chi connectivity index (χ4v) is 3.06. The Morgan fingerprint density at radius 1 is 1.53 bits per heavy atom. The van der Waals surface area contributed by atoms with Crippen molar-refractivity contribution in [2.45, 2.75) is 32.1 Å². The van der Waals surface area contributed by atoms with E-state index in [0.29, 0.717) is 0 Å². The van der Waals surface area contributed by atoms with Crippen LogP contribution in [0, 0.1) is 6.92 Å². The van der Waals surface area contributed by atoms with Crippen LogP contribution in [0.3, 0.4) is 0 Å². The van der Waals surface area contributed by atoms with Gasteiger partial charge in [-0.1, -0.05) is 0 Å². The molecule has 0 saturated heterocycles. The predicted molar refractivity (Wildman–Crippen MR) is 70.1 cm³/mol. The van der Waals surface area contributed by atoms with E-state index in [9.17, 15) is 0 Å². The summed E-state index contributed by atoms with van der Waals surface area (Å²) in [5.41, 5.74) is 8.09. The van der Waals surface area contributed by atoms with Gasteiger partial charge >= 0.3 is 0 Å².